The zero-order valence-electron chi connectivity index (χ0n) is 14.6. The topological polar surface area (TPSA) is 59.5 Å². The molecule has 1 aromatic heterocycles. The van der Waals surface area contributed by atoms with Crippen LogP contribution in [-0.4, -0.2) is 36.9 Å². The van der Waals surface area contributed by atoms with E-state index in [0.717, 1.165) is 17.0 Å². The van der Waals surface area contributed by atoms with Crippen molar-refractivity contribution in [1.82, 2.24) is 9.29 Å². The molecule has 5 nitrogen and oxygen atoms in total. The van der Waals surface area contributed by atoms with Gasteiger partial charge in [-0.15, -0.1) is 0 Å². The van der Waals surface area contributed by atoms with Crippen molar-refractivity contribution >= 4 is 20.9 Å². The van der Waals surface area contributed by atoms with Gasteiger partial charge in [0.15, 0.2) is 0 Å². The Hall–Kier alpha value is -2.51. The number of aromatic nitrogens is 1. The summed E-state index contributed by atoms with van der Waals surface area (Å²) in [7, 11) is -3.69. The van der Waals surface area contributed by atoms with Gasteiger partial charge in [-0.25, -0.2) is 12.8 Å². The van der Waals surface area contributed by atoms with Crippen LogP contribution in [0.1, 0.15) is 12.8 Å². The van der Waals surface area contributed by atoms with E-state index in [2.05, 4.69) is 4.98 Å². The van der Waals surface area contributed by atoms with E-state index < -0.39 is 15.8 Å². The van der Waals surface area contributed by atoms with Crippen LogP contribution in [0.15, 0.2) is 65.7 Å². The number of hydrogen-bond donors (Lipinski definition) is 0. The molecule has 0 atom stereocenters. The smallest absolute Gasteiger partial charge is 0.243 e. The van der Waals surface area contributed by atoms with Crippen molar-refractivity contribution in [2.75, 3.05) is 13.1 Å². The number of fused-ring (bicyclic) bond motifs is 1. The molecule has 0 amide bonds. The summed E-state index contributed by atoms with van der Waals surface area (Å²) in [5.74, 6) is 0.150. The number of nitrogens with zero attached hydrogens (tertiary/aromatic N) is 2. The Morgan fingerprint density at radius 2 is 1.78 bits per heavy atom. The van der Waals surface area contributed by atoms with E-state index in [0.29, 0.717) is 31.7 Å². The summed E-state index contributed by atoms with van der Waals surface area (Å²) in [4.78, 5) is 4.37. The fourth-order valence-corrected chi connectivity index (χ4v) is 4.82. The second-order valence-corrected chi connectivity index (χ2v) is 8.45. The molecule has 140 valence electrons. The maximum atomic E-state index is 13.4. The molecule has 2 aromatic carbocycles. The van der Waals surface area contributed by atoms with E-state index in [-0.39, 0.29) is 11.0 Å². The summed E-state index contributed by atoms with van der Waals surface area (Å²) >= 11 is 0. The number of ether oxygens (including phenoxy) is 1. The number of hydrogen-bond acceptors (Lipinski definition) is 4. The standard InChI is InChI=1S/C20H19FN2O3S/c21-16-6-2-7-18(14-16)27(24,25)23-12-9-17(10-13-23)26-19-8-1-4-15-5-3-11-22-20(15)19/h1-8,11,14,17H,9-10,12-13H2. The molecule has 0 saturated carbocycles. The second kappa shape index (κ2) is 7.25. The van der Waals surface area contributed by atoms with Crippen LogP contribution in [0.3, 0.4) is 0 Å². The molecule has 0 unspecified atom stereocenters. The maximum Gasteiger partial charge on any atom is 0.243 e. The van der Waals surface area contributed by atoms with Gasteiger partial charge in [0, 0.05) is 24.7 Å². The lowest BCUT2D eigenvalue weighted by Crippen LogP contribution is -2.41. The molecule has 1 aliphatic rings. The minimum atomic E-state index is -3.69. The number of para-hydroxylation sites is 1. The number of pyridine rings is 1. The average molecular weight is 386 g/mol. The highest BCUT2D eigenvalue weighted by Gasteiger charge is 2.30. The predicted molar refractivity (Wildman–Crippen MR) is 101 cm³/mol. The van der Waals surface area contributed by atoms with Crippen LogP contribution < -0.4 is 4.74 Å². The number of rotatable bonds is 4. The molecule has 1 aliphatic heterocycles. The van der Waals surface area contributed by atoms with Crippen molar-refractivity contribution in [2.45, 2.75) is 23.8 Å². The van der Waals surface area contributed by atoms with Crippen LogP contribution in [0.4, 0.5) is 4.39 Å². The van der Waals surface area contributed by atoms with Gasteiger partial charge in [-0.2, -0.15) is 4.31 Å². The van der Waals surface area contributed by atoms with Crippen molar-refractivity contribution in [3.05, 3.63) is 66.6 Å². The molecule has 0 aliphatic carbocycles. The van der Waals surface area contributed by atoms with Gasteiger partial charge in [0.2, 0.25) is 10.0 Å². The van der Waals surface area contributed by atoms with Gasteiger partial charge in [0.1, 0.15) is 23.2 Å². The van der Waals surface area contributed by atoms with Gasteiger partial charge in [0.05, 0.1) is 4.90 Å². The minimum absolute atomic E-state index is 0.0138. The first-order valence-electron chi connectivity index (χ1n) is 8.80. The molecule has 0 N–H and O–H groups in total. The zero-order valence-corrected chi connectivity index (χ0v) is 15.4. The quantitative estimate of drug-likeness (QED) is 0.687. The molecule has 3 aromatic rings. The van der Waals surface area contributed by atoms with Crippen molar-refractivity contribution in [3.8, 4) is 5.75 Å². The van der Waals surface area contributed by atoms with Gasteiger partial charge < -0.3 is 4.74 Å². The highest BCUT2D eigenvalue weighted by atomic mass is 32.2. The Morgan fingerprint density at radius 1 is 1.04 bits per heavy atom. The lowest BCUT2D eigenvalue weighted by Gasteiger charge is -2.31. The molecule has 0 bridgehead atoms. The monoisotopic (exact) mass is 386 g/mol. The third-order valence-corrected chi connectivity index (χ3v) is 6.62. The molecule has 2 heterocycles. The number of sulfonamides is 1. The van der Waals surface area contributed by atoms with Crippen LogP contribution >= 0.6 is 0 Å². The maximum absolute atomic E-state index is 13.4. The zero-order chi connectivity index (χ0) is 18.9. The lowest BCUT2D eigenvalue weighted by atomic mass is 10.1. The summed E-state index contributed by atoms with van der Waals surface area (Å²) < 4.78 is 46.3. The van der Waals surface area contributed by atoms with E-state index in [1.54, 1.807) is 6.20 Å². The van der Waals surface area contributed by atoms with E-state index in [4.69, 9.17) is 4.74 Å². The largest absolute Gasteiger partial charge is 0.488 e. The third-order valence-electron chi connectivity index (χ3n) is 4.72. The number of piperidine rings is 1. The van der Waals surface area contributed by atoms with Gasteiger partial charge in [-0.05, 0) is 43.2 Å². The lowest BCUT2D eigenvalue weighted by molar-refractivity contribution is 0.136. The van der Waals surface area contributed by atoms with Gasteiger partial charge in [-0.1, -0.05) is 24.3 Å². The first kappa shape index (κ1) is 17.9. The molecule has 1 fully saturated rings. The van der Waals surface area contributed by atoms with Crippen LogP contribution in [0.2, 0.25) is 0 Å². The summed E-state index contributed by atoms with van der Waals surface area (Å²) in [6, 6.07) is 14.7. The van der Waals surface area contributed by atoms with Crippen LogP contribution in [0.5, 0.6) is 5.75 Å². The van der Waals surface area contributed by atoms with Gasteiger partial charge in [-0.3, -0.25) is 4.98 Å². The van der Waals surface area contributed by atoms with Gasteiger partial charge >= 0.3 is 0 Å². The summed E-state index contributed by atoms with van der Waals surface area (Å²) in [5, 5.41) is 1.00. The Labute approximate surface area is 157 Å². The fourth-order valence-electron chi connectivity index (χ4n) is 3.32. The SMILES string of the molecule is O=S(=O)(c1cccc(F)c1)N1CCC(Oc2cccc3cccnc23)CC1. The molecule has 7 heteroatoms. The molecule has 0 radical (unpaired) electrons. The first-order chi connectivity index (χ1) is 13.0. The molecule has 4 rings (SSSR count). The molecular formula is C20H19FN2O3S. The van der Waals surface area contributed by atoms with Crippen molar-refractivity contribution in [3.63, 3.8) is 0 Å². The first-order valence-corrected chi connectivity index (χ1v) is 10.2. The van der Waals surface area contributed by atoms with Crippen molar-refractivity contribution < 1.29 is 17.5 Å². The minimum Gasteiger partial charge on any atom is -0.488 e. The molecule has 0 spiro atoms. The number of halogens is 1. The Bertz CT molecular complexity index is 1060. The highest BCUT2D eigenvalue weighted by Crippen LogP contribution is 2.28. The predicted octanol–water partition coefficient (Wildman–Crippen LogP) is 3.61. The molecule has 27 heavy (non-hydrogen) atoms. The molecule has 1 saturated heterocycles. The van der Waals surface area contributed by atoms with Crippen LogP contribution in [0.25, 0.3) is 10.9 Å². The summed E-state index contributed by atoms with van der Waals surface area (Å²) in [5.41, 5.74) is 0.801. The van der Waals surface area contributed by atoms with Crippen LogP contribution in [-0.2, 0) is 10.0 Å². The summed E-state index contributed by atoms with van der Waals surface area (Å²) in [6.07, 6.45) is 2.77. The van der Waals surface area contributed by atoms with E-state index >= 15 is 0 Å². The van der Waals surface area contributed by atoms with E-state index in [1.807, 2.05) is 30.3 Å². The van der Waals surface area contributed by atoms with E-state index in [1.165, 1.54) is 22.5 Å². The van der Waals surface area contributed by atoms with Gasteiger partial charge in [0.25, 0.3) is 0 Å². The number of benzene rings is 2. The normalized spacial score (nSPS) is 16.5. The van der Waals surface area contributed by atoms with E-state index in [9.17, 15) is 12.8 Å². The average Bonchev–Trinajstić information content (AvgIpc) is 2.69. The Balaban J connectivity index is 1.46. The molecular weight excluding hydrogens is 367 g/mol. The Morgan fingerprint density at radius 3 is 2.56 bits per heavy atom. The Kier molecular flexibility index (Phi) is 4.80. The second-order valence-electron chi connectivity index (χ2n) is 6.51. The fraction of sp³-hybridized carbons (Fsp3) is 0.250. The third kappa shape index (κ3) is 3.65. The van der Waals surface area contributed by atoms with Crippen molar-refractivity contribution in [1.29, 1.82) is 0 Å². The van der Waals surface area contributed by atoms with Crippen LogP contribution in [0, 0.1) is 5.82 Å². The highest BCUT2D eigenvalue weighted by molar-refractivity contribution is 7.89. The summed E-state index contributed by atoms with van der Waals surface area (Å²) in [6.45, 7) is 0.670. The van der Waals surface area contributed by atoms with Crippen molar-refractivity contribution in [2.24, 2.45) is 0 Å².